The van der Waals surface area contributed by atoms with E-state index in [4.69, 9.17) is 0 Å². The van der Waals surface area contributed by atoms with E-state index in [1.54, 1.807) is 0 Å². The molecule has 0 saturated heterocycles. The van der Waals surface area contributed by atoms with E-state index >= 15 is 0 Å². The molecular formula is C18H22N2. The molecule has 1 saturated carbocycles. The highest BCUT2D eigenvalue weighted by atomic mass is 14.9. The van der Waals surface area contributed by atoms with Gasteiger partial charge in [0.15, 0.2) is 0 Å². The van der Waals surface area contributed by atoms with Crippen LogP contribution < -0.4 is 5.32 Å². The summed E-state index contributed by atoms with van der Waals surface area (Å²) in [5, 5.41) is 3.53. The molecule has 1 heterocycles. The van der Waals surface area contributed by atoms with E-state index < -0.39 is 0 Å². The van der Waals surface area contributed by atoms with Gasteiger partial charge >= 0.3 is 0 Å². The topological polar surface area (TPSA) is 24.9 Å². The molecule has 2 heteroatoms. The Labute approximate surface area is 121 Å². The number of benzene rings is 1. The zero-order chi connectivity index (χ0) is 13.8. The highest BCUT2D eigenvalue weighted by Gasteiger charge is 2.20. The maximum Gasteiger partial charge on any atom is 0.0751 e. The number of hydrogen-bond acceptors (Lipinski definition) is 2. The molecule has 1 aliphatic rings. The van der Waals surface area contributed by atoms with Crippen molar-refractivity contribution in [2.75, 3.05) is 6.54 Å². The highest BCUT2D eigenvalue weighted by Crippen LogP contribution is 2.36. The van der Waals surface area contributed by atoms with Crippen LogP contribution in [0.5, 0.6) is 0 Å². The lowest BCUT2D eigenvalue weighted by molar-refractivity contribution is 0.419. The fourth-order valence-electron chi connectivity index (χ4n) is 2.85. The average molecular weight is 266 g/mol. The van der Waals surface area contributed by atoms with Crippen molar-refractivity contribution in [3.8, 4) is 0 Å². The first-order valence-corrected chi connectivity index (χ1v) is 7.62. The third-order valence-electron chi connectivity index (χ3n) is 4.24. The summed E-state index contributed by atoms with van der Waals surface area (Å²) in [7, 11) is 0. The molecular weight excluding hydrogens is 244 g/mol. The van der Waals surface area contributed by atoms with Crippen molar-refractivity contribution in [3.05, 3.63) is 65.5 Å². The lowest BCUT2D eigenvalue weighted by atomic mass is 9.80. The molecule has 0 aliphatic heterocycles. The number of aromatic nitrogens is 1. The number of pyridine rings is 1. The van der Waals surface area contributed by atoms with E-state index in [1.165, 1.54) is 30.4 Å². The lowest BCUT2D eigenvalue weighted by Gasteiger charge is -2.26. The van der Waals surface area contributed by atoms with Crippen molar-refractivity contribution in [2.24, 2.45) is 0 Å². The molecule has 2 aromatic rings. The molecule has 0 spiro atoms. The van der Waals surface area contributed by atoms with E-state index in [2.05, 4.69) is 53.6 Å². The number of hydrogen-bond donors (Lipinski definition) is 1. The number of rotatable bonds is 5. The van der Waals surface area contributed by atoms with Gasteiger partial charge in [-0.2, -0.15) is 0 Å². The SMILES string of the molecule is CCNC(c1ccc(C2CCC2)cc1)c1ccccn1. The molecule has 0 amide bonds. The molecule has 1 unspecified atom stereocenters. The van der Waals surface area contributed by atoms with Gasteiger partial charge in [-0.05, 0) is 48.6 Å². The van der Waals surface area contributed by atoms with Crippen LogP contribution >= 0.6 is 0 Å². The van der Waals surface area contributed by atoms with Gasteiger partial charge in [-0.15, -0.1) is 0 Å². The van der Waals surface area contributed by atoms with Crippen LogP contribution in [0.1, 0.15) is 55.0 Å². The second kappa shape index (κ2) is 6.19. The van der Waals surface area contributed by atoms with Crippen molar-refractivity contribution in [3.63, 3.8) is 0 Å². The fourth-order valence-corrected chi connectivity index (χ4v) is 2.85. The van der Waals surface area contributed by atoms with Crippen molar-refractivity contribution in [1.82, 2.24) is 10.3 Å². The van der Waals surface area contributed by atoms with E-state index in [9.17, 15) is 0 Å². The molecule has 1 aromatic carbocycles. The van der Waals surface area contributed by atoms with Crippen LogP contribution in [0.25, 0.3) is 0 Å². The molecule has 1 aliphatic carbocycles. The van der Waals surface area contributed by atoms with Crippen molar-refractivity contribution in [2.45, 2.75) is 38.1 Å². The van der Waals surface area contributed by atoms with Gasteiger partial charge in [-0.3, -0.25) is 4.98 Å². The van der Waals surface area contributed by atoms with Crippen LogP contribution in [-0.2, 0) is 0 Å². The molecule has 1 N–H and O–H groups in total. The van der Waals surface area contributed by atoms with Gasteiger partial charge in [0.05, 0.1) is 11.7 Å². The molecule has 0 radical (unpaired) electrons. The molecule has 1 aromatic heterocycles. The van der Waals surface area contributed by atoms with Crippen molar-refractivity contribution < 1.29 is 0 Å². The lowest BCUT2D eigenvalue weighted by Crippen LogP contribution is -2.23. The van der Waals surface area contributed by atoms with Gasteiger partial charge in [-0.1, -0.05) is 43.7 Å². The molecule has 0 bridgehead atoms. The highest BCUT2D eigenvalue weighted by molar-refractivity contribution is 5.32. The molecule has 3 rings (SSSR count). The molecule has 104 valence electrons. The average Bonchev–Trinajstić information content (AvgIpc) is 2.45. The monoisotopic (exact) mass is 266 g/mol. The molecule has 2 nitrogen and oxygen atoms in total. The summed E-state index contributed by atoms with van der Waals surface area (Å²) in [6.07, 6.45) is 5.97. The van der Waals surface area contributed by atoms with Gasteiger partial charge in [0.25, 0.3) is 0 Å². The van der Waals surface area contributed by atoms with Gasteiger partial charge in [0.1, 0.15) is 0 Å². The summed E-state index contributed by atoms with van der Waals surface area (Å²) >= 11 is 0. The Morgan fingerprint density at radius 1 is 1.15 bits per heavy atom. The van der Waals surface area contributed by atoms with Crippen LogP contribution in [0.3, 0.4) is 0 Å². The third-order valence-corrected chi connectivity index (χ3v) is 4.24. The van der Waals surface area contributed by atoms with Crippen LogP contribution in [0.2, 0.25) is 0 Å². The van der Waals surface area contributed by atoms with Gasteiger partial charge < -0.3 is 5.32 Å². The standard InChI is InChI=1S/C18H22N2/c1-2-19-18(17-8-3-4-13-20-17)16-11-9-15(10-12-16)14-6-5-7-14/h3-4,8-14,18-19H,2,5-7H2,1H3. The van der Waals surface area contributed by atoms with Gasteiger partial charge in [0, 0.05) is 6.20 Å². The molecule has 1 atom stereocenters. The van der Waals surface area contributed by atoms with E-state index in [0.717, 1.165) is 18.2 Å². The predicted molar refractivity (Wildman–Crippen MR) is 82.8 cm³/mol. The Balaban J connectivity index is 1.83. The number of nitrogens with zero attached hydrogens (tertiary/aromatic N) is 1. The van der Waals surface area contributed by atoms with E-state index in [-0.39, 0.29) is 6.04 Å². The van der Waals surface area contributed by atoms with Crippen LogP contribution in [0, 0.1) is 0 Å². The zero-order valence-electron chi connectivity index (χ0n) is 12.0. The fraction of sp³-hybridized carbons (Fsp3) is 0.389. The van der Waals surface area contributed by atoms with E-state index in [1.807, 2.05) is 12.3 Å². The maximum atomic E-state index is 4.50. The van der Waals surface area contributed by atoms with Gasteiger partial charge in [-0.25, -0.2) is 0 Å². The van der Waals surface area contributed by atoms with Crippen molar-refractivity contribution >= 4 is 0 Å². The zero-order valence-corrected chi connectivity index (χ0v) is 12.0. The summed E-state index contributed by atoms with van der Waals surface area (Å²) < 4.78 is 0. The summed E-state index contributed by atoms with van der Waals surface area (Å²) in [4.78, 5) is 4.50. The maximum absolute atomic E-state index is 4.50. The number of nitrogens with one attached hydrogen (secondary N) is 1. The minimum atomic E-state index is 0.191. The summed E-state index contributed by atoms with van der Waals surface area (Å²) in [5.41, 5.74) is 3.88. The van der Waals surface area contributed by atoms with Crippen LogP contribution in [0.4, 0.5) is 0 Å². The van der Waals surface area contributed by atoms with Crippen LogP contribution in [-0.4, -0.2) is 11.5 Å². The first-order chi connectivity index (χ1) is 9.88. The summed E-state index contributed by atoms with van der Waals surface area (Å²) in [6, 6.07) is 15.4. The predicted octanol–water partition coefficient (Wildman–Crippen LogP) is 4.05. The molecule has 1 fully saturated rings. The Bertz CT molecular complexity index is 529. The largest absolute Gasteiger partial charge is 0.305 e. The third kappa shape index (κ3) is 2.75. The molecule has 20 heavy (non-hydrogen) atoms. The normalized spacial score (nSPS) is 16.6. The minimum Gasteiger partial charge on any atom is -0.305 e. The summed E-state index contributed by atoms with van der Waals surface area (Å²) in [5.74, 6) is 0.802. The summed E-state index contributed by atoms with van der Waals surface area (Å²) in [6.45, 7) is 3.07. The first kappa shape index (κ1) is 13.3. The first-order valence-electron chi connectivity index (χ1n) is 7.62. The second-order valence-corrected chi connectivity index (χ2v) is 5.54. The van der Waals surface area contributed by atoms with Crippen molar-refractivity contribution in [1.29, 1.82) is 0 Å². The Morgan fingerprint density at radius 3 is 2.50 bits per heavy atom. The Hall–Kier alpha value is -1.67. The Kier molecular flexibility index (Phi) is 4.12. The second-order valence-electron chi connectivity index (χ2n) is 5.54. The Morgan fingerprint density at radius 2 is 1.95 bits per heavy atom. The van der Waals surface area contributed by atoms with E-state index in [0.29, 0.717) is 0 Å². The minimum absolute atomic E-state index is 0.191. The quantitative estimate of drug-likeness (QED) is 0.883. The van der Waals surface area contributed by atoms with Crippen LogP contribution in [0.15, 0.2) is 48.7 Å². The smallest absolute Gasteiger partial charge is 0.0751 e. The van der Waals surface area contributed by atoms with Gasteiger partial charge in [0.2, 0.25) is 0 Å².